The first-order chi connectivity index (χ1) is 8.24. The fourth-order valence-electron chi connectivity index (χ4n) is 3.32. The Morgan fingerprint density at radius 3 is 2.76 bits per heavy atom. The van der Waals surface area contributed by atoms with Crippen molar-refractivity contribution >= 4 is 0 Å². The second-order valence-corrected chi connectivity index (χ2v) is 5.75. The lowest BCUT2D eigenvalue weighted by atomic mass is 9.99. The van der Waals surface area contributed by atoms with E-state index in [9.17, 15) is 0 Å². The third-order valence-corrected chi connectivity index (χ3v) is 4.59. The van der Waals surface area contributed by atoms with E-state index in [2.05, 4.69) is 35.9 Å². The number of nitrogens with one attached hydrogen (secondary N) is 1. The van der Waals surface area contributed by atoms with Gasteiger partial charge in [-0.15, -0.1) is 0 Å². The van der Waals surface area contributed by atoms with Crippen molar-refractivity contribution in [1.29, 1.82) is 0 Å². The van der Waals surface area contributed by atoms with Gasteiger partial charge in [-0.1, -0.05) is 13.8 Å². The Morgan fingerprint density at radius 1 is 1.24 bits per heavy atom. The zero-order valence-electron chi connectivity index (χ0n) is 11.8. The summed E-state index contributed by atoms with van der Waals surface area (Å²) >= 11 is 0. The minimum Gasteiger partial charge on any atom is -0.311 e. The van der Waals surface area contributed by atoms with E-state index in [0.717, 1.165) is 6.04 Å². The largest absolute Gasteiger partial charge is 0.311 e. The molecule has 0 radical (unpaired) electrons. The summed E-state index contributed by atoms with van der Waals surface area (Å²) in [5.41, 5.74) is 0. The second kappa shape index (κ2) is 6.17. The quantitative estimate of drug-likeness (QED) is 0.806. The van der Waals surface area contributed by atoms with Crippen molar-refractivity contribution in [2.24, 2.45) is 0 Å². The van der Waals surface area contributed by atoms with E-state index in [-0.39, 0.29) is 0 Å². The van der Waals surface area contributed by atoms with Gasteiger partial charge >= 0.3 is 0 Å². The van der Waals surface area contributed by atoms with Crippen LogP contribution in [0.15, 0.2) is 0 Å². The van der Waals surface area contributed by atoms with Crippen LogP contribution in [0.25, 0.3) is 0 Å². The molecule has 2 fully saturated rings. The van der Waals surface area contributed by atoms with Gasteiger partial charge in [0.15, 0.2) is 0 Å². The van der Waals surface area contributed by atoms with Crippen molar-refractivity contribution in [3.8, 4) is 0 Å². The first-order valence-electron chi connectivity index (χ1n) is 7.46. The molecule has 2 aliphatic rings. The molecule has 3 heteroatoms. The highest BCUT2D eigenvalue weighted by molar-refractivity contribution is 4.90. The third-order valence-electron chi connectivity index (χ3n) is 4.59. The van der Waals surface area contributed by atoms with E-state index in [1.165, 1.54) is 52.0 Å². The van der Waals surface area contributed by atoms with Crippen LogP contribution in [0.4, 0.5) is 0 Å². The number of hydrogen-bond donors (Lipinski definition) is 1. The molecule has 100 valence electrons. The van der Waals surface area contributed by atoms with Crippen molar-refractivity contribution in [3.05, 3.63) is 0 Å². The number of piperazine rings is 1. The van der Waals surface area contributed by atoms with Gasteiger partial charge < -0.3 is 10.2 Å². The first kappa shape index (κ1) is 13.3. The lowest BCUT2D eigenvalue weighted by molar-refractivity contribution is 0.0425. The van der Waals surface area contributed by atoms with Crippen molar-refractivity contribution < 1.29 is 0 Å². The minimum absolute atomic E-state index is 0.708. The monoisotopic (exact) mass is 239 g/mol. The molecule has 3 unspecified atom stereocenters. The lowest BCUT2D eigenvalue weighted by Gasteiger charge is -2.46. The summed E-state index contributed by atoms with van der Waals surface area (Å²) in [7, 11) is 0. The van der Waals surface area contributed by atoms with Crippen molar-refractivity contribution in [1.82, 2.24) is 15.1 Å². The van der Waals surface area contributed by atoms with Gasteiger partial charge in [0, 0.05) is 37.8 Å². The summed E-state index contributed by atoms with van der Waals surface area (Å²) in [5, 5.41) is 3.66. The highest BCUT2D eigenvalue weighted by Gasteiger charge is 2.31. The topological polar surface area (TPSA) is 18.5 Å². The summed E-state index contributed by atoms with van der Waals surface area (Å²) in [5.74, 6) is 0. The molecule has 2 rings (SSSR count). The molecule has 0 aliphatic carbocycles. The Balaban J connectivity index is 1.94. The average molecular weight is 239 g/mol. The normalized spacial score (nSPS) is 37.2. The Hall–Kier alpha value is -0.120. The van der Waals surface area contributed by atoms with E-state index >= 15 is 0 Å². The summed E-state index contributed by atoms with van der Waals surface area (Å²) in [4.78, 5) is 5.39. The molecule has 2 saturated heterocycles. The van der Waals surface area contributed by atoms with E-state index in [0.29, 0.717) is 12.1 Å². The second-order valence-electron chi connectivity index (χ2n) is 5.75. The van der Waals surface area contributed by atoms with Crippen LogP contribution in [0.2, 0.25) is 0 Å². The lowest BCUT2D eigenvalue weighted by Crippen LogP contribution is -2.61. The Morgan fingerprint density at radius 2 is 2.06 bits per heavy atom. The van der Waals surface area contributed by atoms with Crippen LogP contribution in [0, 0.1) is 0 Å². The van der Waals surface area contributed by atoms with Crippen molar-refractivity contribution in [2.75, 3.05) is 32.7 Å². The molecule has 0 amide bonds. The van der Waals surface area contributed by atoms with Crippen molar-refractivity contribution in [3.63, 3.8) is 0 Å². The van der Waals surface area contributed by atoms with E-state index in [1.807, 2.05) is 0 Å². The van der Waals surface area contributed by atoms with Gasteiger partial charge in [0.05, 0.1) is 0 Å². The van der Waals surface area contributed by atoms with Crippen LogP contribution in [0.5, 0.6) is 0 Å². The van der Waals surface area contributed by atoms with Gasteiger partial charge in [-0.3, -0.25) is 4.90 Å². The standard InChI is InChI=1S/C14H29N3/c1-4-13-10-17(12(3)9-15-13)14-7-6-8-16(5-2)11-14/h12-15H,4-11H2,1-3H3. The predicted molar refractivity (Wildman–Crippen MR) is 73.4 cm³/mol. The summed E-state index contributed by atoms with van der Waals surface area (Å²) in [6.07, 6.45) is 4.04. The van der Waals surface area contributed by atoms with Crippen LogP contribution in [-0.4, -0.2) is 60.6 Å². The highest BCUT2D eigenvalue weighted by Crippen LogP contribution is 2.20. The molecular formula is C14H29N3. The van der Waals surface area contributed by atoms with Crippen LogP contribution < -0.4 is 5.32 Å². The number of nitrogens with zero attached hydrogens (tertiary/aromatic N) is 2. The van der Waals surface area contributed by atoms with Crippen LogP contribution in [0.3, 0.4) is 0 Å². The smallest absolute Gasteiger partial charge is 0.0227 e. The molecule has 0 aromatic rings. The third kappa shape index (κ3) is 3.21. The number of likely N-dealkylation sites (N-methyl/N-ethyl adjacent to an activating group) is 1. The van der Waals surface area contributed by atoms with Gasteiger partial charge in [0.2, 0.25) is 0 Å². The van der Waals surface area contributed by atoms with Crippen molar-refractivity contribution in [2.45, 2.75) is 58.2 Å². The Bertz CT molecular complexity index is 232. The molecule has 0 saturated carbocycles. The maximum Gasteiger partial charge on any atom is 0.0227 e. The Kier molecular flexibility index (Phi) is 4.83. The molecule has 0 bridgehead atoms. The summed E-state index contributed by atoms with van der Waals surface area (Å²) in [6, 6.07) is 2.22. The molecule has 0 aromatic carbocycles. The number of rotatable bonds is 3. The number of hydrogen-bond acceptors (Lipinski definition) is 3. The fraction of sp³-hybridized carbons (Fsp3) is 1.00. The molecule has 1 N–H and O–H groups in total. The van der Waals surface area contributed by atoms with Crippen LogP contribution >= 0.6 is 0 Å². The van der Waals surface area contributed by atoms with E-state index < -0.39 is 0 Å². The summed E-state index contributed by atoms with van der Waals surface area (Å²) in [6.45, 7) is 13.2. The molecule has 3 nitrogen and oxygen atoms in total. The van der Waals surface area contributed by atoms with Gasteiger partial charge in [-0.25, -0.2) is 0 Å². The molecule has 2 heterocycles. The van der Waals surface area contributed by atoms with Crippen LogP contribution in [0.1, 0.15) is 40.0 Å². The molecule has 3 atom stereocenters. The molecular weight excluding hydrogens is 210 g/mol. The molecule has 2 aliphatic heterocycles. The zero-order chi connectivity index (χ0) is 12.3. The average Bonchev–Trinajstić information content (AvgIpc) is 2.39. The van der Waals surface area contributed by atoms with Gasteiger partial charge in [-0.05, 0) is 39.3 Å². The number of likely N-dealkylation sites (tertiary alicyclic amines) is 1. The number of piperidine rings is 1. The Labute approximate surface area is 107 Å². The van der Waals surface area contributed by atoms with Gasteiger partial charge in [-0.2, -0.15) is 0 Å². The van der Waals surface area contributed by atoms with Crippen LogP contribution in [-0.2, 0) is 0 Å². The molecule has 0 spiro atoms. The maximum absolute atomic E-state index is 3.66. The maximum atomic E-state index is 3.66. The first-order valence-corrected chi connectivity index (χ1v) is 7.46. The van der Waals surface area contributed by atoms with Gasteiger partial charge in [0.25, 0.3) is 0 Å². The predicted octanol–water partition coefficient (Wildman–Crippen LogP) is 1.54. The highest BCUT2D eigenvalue weighted by atomic mass is 15.3. The minimum atomic E-state index is 0.708. The SMILES string of the molecule is CCC1CN(C2CCCN(CC)C2)C(C)CN1. The van der Waals surface area contributed by atoms with Gasteiger partial charge in [0.1, 0.15) is 0 Å². The van der Waals surface area contributed by atoms with E-state index in [4.69, 9.17) is 0 Å². The molecule has 17 heavy (non-hydrogen) atoms. The summed E-state index contributed by atoms with van der Waals surface area (Å²) < 4.78 is 0. The zero-order valence-corrected chi connectivity index (χ0v) is 11.8. The fourth-order valence-corrected chi connectivity index (χ4v) is 3.32. The van der Waals surface area contributed by atoms with E-state index in [1.54, 1.807) is 0 Å². The molecule has 0 aromatic heterocycles.